The summed E-state index contributed by atoms with van der Waals surface area (Å²) < 4.78 is 0. The molecule has 2 aromatic carbocycles. The highest BCUT2D eigenvalue weighted by Crippen LogP contribution is 2.20. The van der Waals surface area contributed by atoms with Crippen LogP contribution in [-0.2, 0) is 0 Å². The van der Waals surface area contributed by atoms with Gasteiger partial charge in [-0.1, -0.05) is 41.8 Å². The molecule has 2 aromatic rings. The minimum atomic E-state index is -0.203. The van der Waals surface area contributed by atoms with Crippen molar-refractivity contribution in [3.8, 4) is 0 Å². The Labute approximate surface area is 128 Å². The summed E-state index contributed by atoms with van der Waals surface area (Å²) in [6.45, 7) is 3.87. The molecule has 0 saturated carbocycles. The van der Waals surface area contributed by atoms with Crippen LogP contribution in [0.25, 0.3) is 5.48 Å². The van der Waals surface area contributed by atoms with Crippen molar-refractivity contribution in [1.29, 1.82) is 5.41 Å². The Morgan fingerprint density at radius 3 is 2.48 bits per heavy atom. The maximum atomic E-state index is 9.97. The van der Waals surface area contributed by atoms with Crippen LogP contribution in [0.3, 0.4) is 0 Å². The number of halogens is 1. The van der Waals surface area contributed by atoms with Crippen LogP contribution in [0.4, 0.5) is 0 Å². The molecular weight excluding hydrogens is 288 g/mol. The van der Waals surface area contributed by atoms with Crippen molar-refractivity contribution in [3.63, 3.8) is 0 Å². The van der Waals surface area contributed by atoms with Gasteiger partial charge in [-0.05, 0) is 24.6 Å². The molecule has 21 heavy (non-hydrogen) atoms. The Bertz CT molecular complexity index is 641. The number of amidine groups is 1. The van der Waals surface area contributed by atoms with E-state index < -0.39 is 0 Å². The van der Waals surface area contributed by atoms with Crippen molar-refractivity contribution in [2.75, 3.05) is 0 Å². The van der Waals surface area contributed by atoms with Crippen LogP contribution in [0.2, 0.25) is 5.02 Å². The molecule has 0 radical (unpaired) electrons. The molecule has 0 bridgehead atoms. The van der Waals surface area contributed by atoms with Crippen molar-refractivity contribution in [2.45, 2.75) is 13.8 Å². The largest absolute Gasteiger partial charge is 0.476 e. The van der Waals surface area contributed by atoms with Gasteiger partial charge in [0.05, 0.1) is 0 Å². The monoisotopic (exact) mass is 303 g/mol. The number of hydrogen-bond donors (Lipinski definition) is 2. The summed E-state index contributed by atoms with van der Waals surface area (Å²) in [4.78, 5) is 3.72. The molecular formula is C16H16ClN2O2-. The first-order valence-corrected chi connectivity index (χ1v) is 6.75. The lowest BCUT2D eigenvalue weighted by molar-refractivity contribution is -0.0421. The van der Waals surface area contributed by atoms with E-state index >= 15 is 0 Å². The van der Waals surface area contributed by atoms with E-state index in [1.54, 1.807) is 30.3 Å². The maximum Gasteiger partial charge on any atom is 0.249 e. The Kier molecular flexibility index (Phi) is 4.85. The normalized spacial score (nSPS) is 10.3. The smallest absolute Gasteiger partial charge is 0.249 e. The van der Waals surface area contributed by atoms with E-state index in [-0.39, 0.29) is 12.1 Å². The second-order valence-corrected chi connectivity index (χ2v) is 5.13. The van der Waals surface area contributed by atoms with Crippen LogP contribution in [-0.4, -0.2) is 15.8 Å². The van der Waals surface area contributed by atoms with Crippen LogP contribution < -0.4 is 0 Å². The minimum absolute atomic E-state index is 0.0389. The van der Waals surface area contributed by atoms with Crippen molar-refractivity contribution in [2.24, 2.45) is 0 Å². The minimum Gasteiger partial charge on any atom is -0.476 e. The van der Waals surface area contributed by atoms with Gasteiger partial charge in [0.1, 0.15) is 0 Å². The molecule has 4 nitrogen and oxygen atoms in total. The summed E-state index contributed by atoms with van der Waals surface area (Å²) in [6.07, 6.45) is -0.203. The average Bonchev–Trinajstić information content (AvgIpc) is 2.45. The standard InChI is InChI=1S/C16H16ClN2O2/c1-10-3-8-14(11(2)9-10)16(20)21-19-15(18)12-4-6-13(17)7-5-12/h3-9,20-21H,1-2H3,(H-,18,19)/q-1. The molecule has 110 valence electrons. The highest BCUT2D eigenvalue weighted by molar-refractivity contribution is 6.30. The van der Waals surface area contributed by atoms with Crippen LogP contribution >= 0.6 is 11.6 Å². The first-order chi connectivity index (χ1) is 9.97. The summed E-state index contributed by atoms with van der Waals surface area (Å²) in [5, 5.41) is 18.4. The van der Waals surface area contributed by atoms with Crippen molar-refractivity contribution in [1.82, 2.24) is 0 Å². The summed E-state index contributed by atoms with van der Waals surface area (Å²) in [5.74, 6) is -0.0389. The topological polar surface area (TPSA) is 71.0 Å². The number of aliphatic hydroxyl groups excluding tert-OH is 1. The highest BCUT2D eigenvalue weighted by Gasteiger charge is 2.08. The molecule has 0 aliphatic heterocycles. The lowest BCUT2D eigenvalue weighted by atomic mass is 10.1. The van der Waals surface area contributed by atoms with Crippen LogP contribution in [0, 0.1) is 25.5 Å². The summed E-state index contributed by atoms with van der Waals surface area (Å²) >= 11 is 5.79. The lowest BCUT2D eigenvalue weighted by Gasteiger charge is -2.21. The number of benzene rings is 2. The van der Waals surface area contributed by atoms with Crippen LogP contribution in [0.1, 0.15) is 22.3 Å². The van der Waals surface area contributed by atoms with E-state index in [1.165, 1.54) is 0 Å². The van der Waals surface area contributed by atoms with E-state index in [9.17, 15) is 5.11 Å². The predicted molar refractivity (Wildman–Crippen MR) is 83.6 cm³/mol. The molecule has 0 saturated heterocycles. The summed E-state index contributed by atoms with van der Waals surface area (Å²) in [5.41, 5.74) is 6.94. The van der Waals surface area contributed by atoms with Gasteiger partial charge in [0.25, 0.3) is 0 Å². The molecule has 0 amide bonds. The highest BCUT2D eigenvalue weighted by atomic mass is 35.5. The zero-order valence-electron chi connectivity index (χ0n) is 11.8. The fourth-order valence-electron chi connectivity index (χ4n) is 1.88. The molecule has 0 heterocycles. The van der Waals surface area contributed by atoms with E-state index in [0.29, 0.717) is 16.1 Å². The lowest BCUT2D eigenvalue weighted by Crippen LogP contribution is -2.11. The quantitative estimate of drug-likeness (QED) is 0.282. The van der Waals surface area contributed by atoms with Crippen molar-refractivity contribution >= 4 is 17.4 Å². The van der Waals surface area contributed by atoms with E-state index in [1.807, 2.05) is 26.0 Å². The zero-order chi connectivity index (χ0) is 15.4. The first-order valence-electron chi connectivity index (χ1n) is 6.37. The SMILES string of the molecule is Cc1ccc([C-](O)[OH+][N-]C(=N)c2ccc(Cl)cc2)c(C)c1. The van der Waals surface area contributed by atoms with Gasteiger partial charge in [-0.2, -0.15) is 11.5 Å². The second kappa shape index (κ2) is 6.63. The molecule has 0 unspecified atom stereocenters. The van der Waals surface area contributed by atoms with Gasteiger partial charge in [-0.3, -0.25) is 0 Å². The summed E-state index contributed by atoms with van der Waals surface area (Å²) in [6, 6.07) is 12.3. The van der Waals surface area contributed by atoms with Crippen molar-refractivity contribution in [3.05, 3.63) is 81.5 Å². The molecule has 0 aromatic heterocycles. The third kappa shape index (κ3) is 3.98. The first kappa shape index (κ1) is 15.4. The van der Waals surface area contributed by atoms with Crippen molar-refractivity contribution < 1.29 is 9.94 Å². The Balaban J connectivity index is 1.98. The van der Waals surface area contributed by atoms with E-state index in [0.717, 1.165) is 11.1 Å². The third-order valence-corrected chi connectivity index (χ3v) is 3.24. The molecule has 0 atom stereocenters. The zero-order valence-corrected chi connectivity index (χ0v) is 12.5. The van der Waals surface area contributed by atoms with Gasteiger partial charge >= 0.3 is 0 Å². The number of aryl methyl sites for hydroxylation is 2. The number of rotatable bonds is 4. The van der Waals surface area contributed by atoms with Crippen LogP contribution in [0.5, 0.6) is 0 Å². The molecule has 3 N–H and O–H groups in total. The third-order valence-electron chi connectivity index (χ3n) is 2.99. The van der Waals surface area contributed by atoms with Gasteiger partial charge in [-0.15, -0.1) is 17.7 Å². The predicted octanol–water partition coefficient (Wildman–Crippen LogP) is 4.49. The number of nitrogens with zero attached hydrogens (tertiary/aromatic N) is 1. The van der Waals surface area contributed by atoms with Gasteiger partial charge < -0.3 is 15.4 Å². The Morgan fingerprint density at radius 1 is 1.19 bits per heavy atom. The number of hydroxylamine groups is 1. The van der Waals surface area contributed by atoms with Gasteiger partial charge in [0, 0.05) is 10.9 Å². The molecule has 0 spiro atoms. The average molecular weight is 304 g/mol. The summed E-state index contributed by atoms with van der Waals surface area (Å²) in [7, 11) is 0. The van der Waals surface area contributed by atoms with Gasteiger partial charge in [0.2, 0.25) is 6.29 Å². The second-order valence-electron chi connectivity index (χ2n) is 4.70. The number of aliphatic hydroxyl groups is 2. The molecule has 0 aliphatic rings. The molecule has 0 fully saturated rings. The van der Waals surface area contributed by atoms with Crippen LogP contribution in [0.15, 0.2) is 42.5 Å². The maximum absolute atomic E-state index is 9.97. The number of hydrogen-bond acceptors (Lipinski definition) is 2. The van der Waals surface area contributed by atoms with E-state index in [2.05, 4.69) is 10.3 Å². The van der Waals surface area contributed by atoms with Gasteiger partial charge in [-0.25, -0.2) is 0 Å². The van der Waals surface area contributed by atoms with Gasteiger partial charge in [0.15, 0.2) is 0 Å². The Hall–Kier alpha value is -2.01. The number of nitrogens with one attached hydrogen (secondary N) is 1. The fourth-order valence-corrected chi connectivity index (χ4v) is 2.01. The Morgan fingerprint density at radius 2 is 1.86 bits per heavy atom. The fraction of sp³-hybridized carbons (Fsp3) is 0.125. The molecule has 2 rings (SSSR count). The molecule has 5 heteroatoms. The van der Waals surface area contributed by atoms with E-state index in [4.69, 9.17) is 17.0 Å². The molecule has 0 aliphatic carbocycles.